The minimum absolute atomic E-state index is 0.137. The van der Waals surface area contributed by atoms with Crippen LogP contribution in [0.4, 0.5) is 0 Å². The first-order valence-electron chi connectivity index (χ1n) is 6.69. The maximum atomic E-state index is 12.8. The van der Waals surface area contributed by atoms with E-state index in [1.807, 2.05) is 12.1 Å². The van der Waals surface area contributed by atoms with Crippen molar-refractivity contribution in [3.05, 3.63) is 62.4 Å². The van der Waals surface area contributed by atoms with Crippen molar-refractivity contribution in [1.29, 1.82) is 0 Å². The molecule has 0 saturated carbocycles. The van der Waals surface area contributed by atoms with Crippen molar-refractivity contribution in [3.8, 4) is 16.9 Å². The van der Waals surface area contributed by atoms with Crippen LogP contribution in [-0.4, -0.2) is 17.9 Å². The summed E-state index contributed by atoms with van der Waals surface area (Å²) in [6.07, 6.45) is 0. The number of nitrogens with one attached hydrogen (secondary N) is 1. The quantitative estimate of drug-likeness (QED) is 0.568. The van der Waals surface area contributed by atoms with Gasteiger partial charge in [0.25, 0.3) is 5.56 Å². The number of ether oxygens (including phenoxy) is 1. The Kier molecular flexibility index (Phi) is 2.74. The molecule has 1 aliphatic rings. The van der Waals surface area contributed by atoms with Gasteiger partial charge in [-0.15, -0.1) is 0 Å². The Morgan fingerprint density at radius 3 is 2.59 bits per heavy atom. The SMILES string of the molecule is COc1ccc2c(c1)C(=O)c1c-2c(=O)[nH]c2cc(Br)ccc12. The molecule has 1 aromatic heterocycles. The molecule has 1 heterocycles. The first kappa shape index (κ1) is 13.3. The first-order chi connectivity index (χ1) is 10.6. The van der Waals surface area contributed by atoms with Gasteiger partial charge in [-0.25, -0.2) is 0 Å². The third kappa shape index (κ3) is 1.69. The molecule has 1 aliphatic carbocycles. The predicted octanol–water partition coefficient (Wildman–Crippen LogP) is 3.51. The van der Waals surface area contributed by atoms with E-state index in [4.69, 9.17) is 4.74 Å². The van der Waals surface area contributed by atoms with Gasteiger partial charge in [0.2, 0.25) is 0 Å². The zero-order valence-corrected chi connectivity index (χ0v) is 13.2. The molecule has 0 unspecified atom stereocenters. The second-order valence-electron chi connectivity index (χ2n) is 5.13. The number of benzene rings is 2. The van der Waals surface area contributed by atoms with Crippen LogP contribution in [-0.2, 0) is 0 Å². The fourth-order valence-corrected chi connectivity index (χ4v) is 3.32. The van der Waals surface area contributed by atoms with E-state index >= 15 is 0 Å². The number of aromatic amines is 1. The van der Waals surface area contributed by atoms with Crippen molar-refractivity contribution in [1.82, 2.24) is 4.98 Å². The number of H-pyrrole nitrogens is 1. The molecule has 5 heteroatoms. The second kappa shape index (κ2) is 4.55. The summed E-state index contributed by atoms with van der Waals surface area (Å²) in [6.45, 7) is 0. The van der Waals surface area contributed by atoms with Gasteiger partial charge in [0.15, 0.2) is 5.78 Å². The fourth-order valence-electron chi connectivity index (χ4n) is 2.95. The summed E-state index contributed by atoms with van der Waals surface area (Å²) in [5.41, 5.74) is 2.47. The van der Waals surface area contributed by atoms with Gasteiger partial charge < -0.3 is 9.72 Å². The lowest BCUT2D eigenvalue weighted by Crippen LogP contribution is -2.11. The van der Waals surface area contributed by atoms with E-state index < -0.39 is 0 Å². The Hall–Kier alpha value is -2.40. The summed E-state index contributed by atoms with van der Waals surface area (Å²) >= 11 is 3.38. The van der Waals surface area contributed by atoms with Crippen LogP contribution in [0.1, 0.15) is 15.9 Å². The van der Waals surface area contributed by atoms with Crippen LogP contribution in [0.2, 0.25) is 0 Å². The van der Waals surface area contributed by atoms with Crippen LogP contribution in [0.5, 0.6) is 5.75 Å². The van der Waals surface area contributed by atoms with E-state index in [0.29, 0.717) is 33.5 Å². The molecule has 3 aromatic rings. The van der Waals surface area contributed by atoms with Gasteiger partial charge in [0, 0.05) is 21.0 Å². The van der Waals surface area contributed by atoms with E-state index in [9.17, 15) is 9.59 Å². The molecule has 22 heavy (non-hydrogen) atoms. The average Bonchev–Trinajstić information content (AvgIpc) is 2.81. The van der Waals surface area contributed by atoms with Gasteiger partial charge >= 0.3 is 0 Å². The lowest BCUT2D eigenvalue weighted by Gasteiger charge is -2.04. The number of pyridine rings is 1. The number of methoxy groups -OCH3 is 1. The van der Waals surface area contributed by atoms with Gasteiger partial charge in [-0.3, -0.25) is 9.59 Å². The van der Waals surface area contributed by atoms with Gasteiger partial charge in [0.1, 0.15) is 5.75 Å². The van der Waals surface area contributed by atoms with Gasteiger partial charge in [0.05, 0.1) is 18.2 Å². The largest absolute Gasteiger partial charge is 0.497 e. The number of hydrogen-bond acceptors (Lipinski definition) is 3. The normalized spacial score (nSPS) is 12.4. The molecule has 0 aliphatic heterocycles. The minimum Gasteiger partial charge on any atom is -0.497 e. The number of rotatable bonds is 1. The highest BCUT2D eigenvalue weighted by atomic mass is 79.9. The third-order valence-corrected chi connectivity index (χ3v) is 4.44. The van der Waals surface area contributed by atoms with E-state index in [1.54, 1.807) is 31.4 Å². The number of carbonyl (C=O) groups is 1. The predicted molar refractivity (Wildman–Crippen MR) is 87.7 cm³/mol. The molecule has 4 rings (SSSR count). The molecule has 0 atom stereocenters. The van der Waals surface area contributed by atoms with Crippen LogP contribution in [0.15, 0.2) is 45.7 Å². The molecule has 2 aromatic carbocycles. The van der Waals surface area contributed by atoms with E-state index in [2.05, 4.69) is 20.9 Å². The Labute approximate surface area is 133 Å². The number of halogens is 1. The topological polar surface area (TPSA) is 59.2 Å². The van der Waals surface area contributed by atoms with E-state index in [0.717, 1.165) is 9.86 Å². The van der Waals surface area contributed by atoms with E-state index in [-0.39, 0.29) is 11.3 Å². The molecule has 4 nitrogen and oxygen atoms in total. The summed E-state index contributed by atoms with van der Waals surface area (Å²) in [7, 11) is 1.55. The van der Waals surface area contributed by atoms with Crippen LogP contribution >= 0.6 is 15.9 Å². The van der Waals surface area contributed by atoms with Crippen LogP contribution in [0.25, 0.3) is 22.0 Å². The molecular formula is C17H10BrNO3. The molecule has 0 amide bonds. The molecule has 0 radical (unpaired) electrons. The number of fused-ring (bicyclic) bond motifs is 5. The molecular weight excluding hydrogens is 346 g/mol. The molecule has 0 fully saturated rings. The van der Waals surface area contributed by atoms with Crippen molar-refractivity contribution in [2.75, 3.05) is 7.11 Å². The van der Waals surface area contributed by atoms with E-state index in [1.165, 1.54) is 0 Å². The lowest BCUT2D eigenvalue weighted by atomic mass is 10.0. The fraction of sp³-hybridized carbons (Fsp3) is 0.0588. The summed E-state index contributed by atoms with van der Waals surface area (Å²) in [4.78, 5) is 28.1. The van der Waals surface area contributed by atoms with Gasteiger partial charge in [-0.05, 0) is 35.9 Å². The highest BCUT2D eigenvalue weighted by Gasteiger charge is 2.31. The minimum atomic E-state index is -0.252. The zero-order chi connectivity index (χ0) is 15.4. The summed E-state index contributed by atoms with van der Waals surface area (Å²) < 4.78 is 6.02. The van der Waals surface area contributed by atoms with Crippen LogP contribution in [0, 0.1) is 0 Å². The zero-order valence-electron chi connectivity index (χ0n) is 11.6. The van der Waals surface area contributed by atoms with Crippen molar-refractivity contribution in [2.24, 2.45) is 0 Å². The number of aromatic nitrogens is 1. The standard InChI is InChI=1S/C17H10BrNO3/c1-22-9-3-5-10-12(7-9)16(20)14-11-4-2-8(18)6-13(11)19-17(21)15(10)14/h2-7H,1H3,(H,19,21). The molecule has 0 spiro atoms. The number of carbonyl (C=O) groups excluding carboxylic acids is 1. The molecule has 108 valence electrons. The highest BCUT2D eigenvalue weighted by molar-refractivity contribution is 9.10. The average molecular weight is 356 g/mol. The Balaban J connectivity index is 2.13. The summed E-state index contributed by atoms with van der Waals surface area (Å²) in [5, 5.41) is 0.748. The summed E-state index contributed by atoms with van der Waals surface area (Å²) in [6, 6.07) is 10.7. The number of ketones is 1. The molecule has 0 saturated heterocycles. The van der Waals surface area contributed by atoms with Crippen LogP contribution < -0.4 is 10.3 Å². The lowest BCUT2D eigenvalue weighted by molar-refractivity contribution is 0.104. The highest BCUT2D eigenvalue weighted by Crippen LogP contribution is 2.39. The van der Waals surface area contributed by atoms with Gasteiger partial charge in [-0.1, -0.05) is 22.0 Å². The maximum absolute atomic E-state index is 12.8. The molecule has 0 bridgehead atoms. The maximum Gasteiger partial charge on any atom is 0.257 e. The Bertz CT molecular complexity index is 1020. The van der Waals surface area contributed by atoms with Crippen molar-refractivity contribution in [3.63, 3.8) is 0 Å². The van der Waals surface area contributed by atoms with Crippen molar-refractivity contribution < 1.29 is 9.53 Å². The second-order valence-corrected chi connectivity index (χ2v) is 6.05. The van der Waals surface area contributed by atoms with Crippen molar-refractivity contribution in [2.45, 2.75) is 0 Å². The first-order valence-corrected chi connectivity index (χ1v) is 7.48. The third-order valence-electron chi connectivity index (χ3n) is 3.94. The number of hydrogen-bond donors (Lipinski definition) is 1. The Morgan fingerprint density at radius 2 is 1.82 bits per heavy atom. The Morgan fingerprint density at radius 1 is 1.00 bits per heavy atom. The smallest absolute Gasteiger partial charge is 0.257 e. The summed E-state index contributed by atoms with van der Waals surface area (Å²) in [5.74, 6) is 0.464. The van der Waals surface area contributed by atoms with Crippen LogP contribution in [0.3, 0.4) is 0 Å². The van der Waals surface area contributed by atoms with Crippen molar-refractivity contribution >= 4 is 32.6 Å². The molecule has 1 N–H and O–H groups in total. The van der Waals surface area contributed by atoms with Gasteiger partial charge in [-0.2, -0.15) is 0 Å². The monoisotopic (exact) mass is 355 g/mol.